The summed E-state index contributed by atoms with van der Waals surface area (Å²) >= 11 is 0. The van der Waals surface area contributed by atoms with Crippen LogP contribution in [0, 0.1) is 5.92 Å². The molecule has 0 aromatic rings. The van der Waals surface area contributed by atoms with Crippen LogP contribution in [0.2, 0.25) is 0 Å². The summed E-state index contributed by atoms with van der Waals surface area (Å²) in [6.07, 6.45) is 7.35. The largest absolute Gasteiger partial charge is 0.381 e. The Hall–Kier alpha value is -0.120. The van der Waals surface area contributed by atoms with Gasteiger partial charge in [0.2, 0.25) is 0 Å². The minimum absolute atomic E-state index is 0.317. The second kappa shape index (κ2) is 5.48. The average Bonchev–Trinajstić information content (AvgIpc) is 2.29. The van der Waals surface area contributed by atoms with E-state index < -0.39 is 0 Å². The van der Waals surface area contributed by atoms with Crippen LogP contribution in [0.5, 0.6) is 0 Å². The summed E-state index contributed by atoms with van der Waals surface area (Å²) in [5.74, 6) is 0.847. The fraction of sp³-hybridized carbons (Fsp3) is 1.00. The fourth-order valence-corrected chi connectivity index (χ4v) is 2.78. The molecule has 2 fully saturated rings. The molecule has 3 N–H and O–H groups in total. The van der Waals surface area contributed by atoms with Gasteiger partial charge in [-0.2, -0.15) is 0 Å². The zero-order chi connectivity index (χ0) is 11.4. The molecule has 1 aliphatic carbocycles. The molecule has 1 saturated heterocycles. The first-order valence-electron chi connectivity index (χ1n) is 6.76. The van der Waals surface area contributed by atoms with Crippen molar-refractivity contribution in [2.45, 2.75) is 57.0 Å². The Morgan fingerprint density at radius 1 is 1.19 bits per heavy atom. The predicted molar refractivity (Wildman–Crippen MR) is 66.4 cm³/mol. The molecule has 0 aromatic carbocycles. The molecule has 0 atom stereocenters. The second-order valence-electron chi connectivity index (χ2n) is 5.83. The van der Waals surface area contributed by atoms with Crippen molar-refractivity contribution in [2.24, 2.45) is 11.7 Å². The Morgan fingerprint density at radius 2 is 1.81 bits per heavy atom. The van der Waals surface area contributed by atoms with Crippen molar-refractivity contribution in [1.82, 2.24) is 5.32 Å². The maximum atomic E-state index is 5.92. The third-order valence-electron chi connectivity index (χ3n) is 4.31. The van der Waals surface area contributed by atoms with Crippen LogP contribution in [0.3, 0.4) is 0 Å². The number of nitrogens with two attached hydrogens (primary N) is 1. The van der Waals surface area contributed by atoms with Crippen LogP contribution in [0.4, 0.5) is 0 Å². The standard InChI is InChI=1S/C13H26N2O/c1-13(6-8-16-9-7-13)15-10-11-2-4-12(14)5-3-11/h11-12,15H,2-10,14H2,1H3. The summed E-state index contributed by atoms with van der Waals surface area (Å²) in [5, 5.41) is 3.76. The van der Waals surface area contributed by atoms with Crippen molar-refractivity contribution >= 4 is 0 Å². The van der Waals surface area contributed by atoms with Crippen molar-refractivity contribution in [3.63, 3.8) is 0 Å². The molecule has 2 aliphatic rings. The fourth-order valence-electron chi connectivity index (χ4n) is 2.78. The van der Waals surface area contributed by atoms with Gasteiger partial charge in [0, 0.05) is 24.8 Å². The lowest BCUT2D eigenvalue weighted by Crippen LogP contribution is -2.49. The Balaban J connectivity index is 1.70. The quantitative estimate of drug-likeness (QED) is 0.769. The lowest BCUT2D eigenvalue weighted by molar-refractivity contribution is 0.0429. The molecule has 1 saturated carbocycles. The zero-order valence-corrected chi connectivity index (χ0v) is 10.5. The van der Waals surface area contributed by atoms with Gasteiger partial charge in [0.05, 0.1) is 0 Å². The summed E-state index contributed by atoms with van der Waals surface area (Å²) in [6, 6.07) is 0.468. The molecule has 0 amide bonds. The van der Waals surface area contributed by atoms with Gasteiger partial charge in [-0.25, -0.2) is 0 Å². The van der Waals surface area contributed by atoms with Crippen molar-refractivity contribution in [3.05, 3.63) is 0 Å². The second-order valence-corrected chi connectivity index (χ2v) is 5.83. The smallest absolute Gasteiger partial charge is 0.0483 e. The lowest BCUT2D eigenvalue weighted by atomic mass is 9.85. The highest BCUT2D eigenvalue weighted by Crippen LogP contribution is 2.25. The van der Waals surface area contributed by atoms with Gasteiger partial charge < -0.3 is 15.8 Å². The number of ether oxygens (including phenoxy) is 1. The van der Waals surface area contributed by atoms with Crippen LogP contribution >= 0.6 is 0 Å². The van der Waals surface area contributed by atoms with Crippen molar-refractivity contribution in [3.8, 4) is 0 Å². The number of nitrogens with one attached hydrogen (secondary N) is 1. The minimum Gasteiger partial charge on any atom is -0.381 e. The SMILES string of the molecule is CC1(NCC2CCC(N)CC2)CCOCC1. The first-order chi connectivity index (χ1) is 7.68. The molecule has 0 bridgehead atoms. The third kappa shape index (κ3) is 3.44. The van der Waals surface area contributed by atoms with Gasteiger partial charge >= 0.3 is 0 Å². The van der Waals surface area contributed by atoms with Gasteiger partial charge in [0.15, 0.2) is 0 Å². The third-order valence-corrected chi connectivity index (χ3v) is 4.31. The summed E-state index contributed by atoms with van der Waals surface area (Å²) in [5.41, 5.74) is 6.24. The molecule has 1 aliphatic heterocycles. The van der Waals surface area contributed by atoms with Crippen LogP contribution in [0.1, 0.15) is 45.4 Å². The highest BCUT2D eigenvalue weighted by atomic mass is 16.5. The molecule has 94 valence electrons. The van der Waals surface area contributed by atoms with E-state index in [1.54, 1.807) is 0 Å². The van der Waals surface area contributed by atoms with E-state index >= 15 is 0 Å². The molecule has 16 heavy (non-hydrogen) atoms. The van der Waals surface area contributed by atoms with Gasteiger partial charge in [-0.3, -0.25) is 0 Å². The summed E-state index contributed by atoms with van der Waals surface area (Å²) < 4.78 is 5.41. The molecule has 3 heteroatoms. The molecule has 3 nitrogen and oxygen atoms in total. The minimum atomic E-state index is 0.317. The monoisotopic (exact) mass is 226 g/mol. The van der Waals surface area contributed by atoms with Crippen LogP contribution < -0.4 is 11.1 Å². The number of hydrogen-bond acceptors (Lipinski definition) is 3. The number of hydrogen-bond donors (Lipinski definition) is 2. The van der Waals surface area contributed by atoms with Crippen LogP contribution in [-0.2, 0) is 4.74 Å². The average molecular weight is 226 g/mol. The van der Waals surface area contributed by atoms with Crippen LogP contribution in [-0.4, -0.2) is 31.3 Å². The van der Waals surface area contributed by atoms with E-state index in [-0.39, 0.29) is 0 Å². The van der Waals surface area contributed by atoms with Gasteiger partial charge in [-0.15, -0.1) is 0 Å². The zero-order valence-electron chi connectivity index (χ0n) is 10.5. The molecule has 0 aromatic heterocycles. The molecule has 1 heterocycles. The van der Waals surface area contributed by atoms with Gasteiger partial charge in [-0.05, 0) is 57.9 Å². The van der Waals surface area contributed by atoms with E-state index in [2.05, 4.69) is 12.2 Å². The van der Waals surface area contributed by atoms with E-state index in [1.165, 1.54) is 32.2 Å². The Labute approximate surface area is 99.1 Å². The van der Waals surface area contributed by atoms with Crippen molar-refractivity contribution in [2.75, 3.05) is 19.8 Å². The van der Waals surface area contributed by atoms with E-state index in [0.717, 1.165) is 32.0 Å². The maximum absolute atomic E-state index is 5.92. The van der Waals surface area contributed by atoms with E-state index in [9.17, 15) is 0 Å². The molecule has 0 radical (unpaired) electrons. The Morgan fingerprint density at radius 3 is 2.44 bits per heavy atom. The Bertz CT molecular complexity index is 206. The highest BCUT2D eigenvalue weighted by molar-refractivity contribution is 4.87. The Kier molecular flexibility index (Phi) is 4.22. The maximum Gasteiger partial charge on any atom is 0.0483 e. The molecular weight excluding hydrogens is 200 g/mol. The molecule has 0 spiro atoms. The first-order valence-corrected chi connectivity index (χ1v) is 6.76. The molecular formula is C13H26N2O. The van der Waals surface area contributed by atoms with Gasteiger partial charge in [0.25, 0.3) is 0 Å². The van der Waals surface area contributed by atoms with Crippen molar-refractivity contribution < 1.29 is 4.74 Å². The topological polar surface area (TPSA) is 47.3 Å². The van der Waals surface area contributed by atoms with Gasteiger partial charge in [0.1, 0.15) is 0 Å². The first kappa shape index (κ1) is 12.3. The summed E-state index contributed by atoms with van der Waals surface area (Å²) in [6.45, 7) is 5.34. The van der Waals surface area contributed by atoms with Crippen LogP contribution in [0.15, 0.2) is 0 Å². The van der Waals surface area contributed by atoms with E-state index in [1.807, 2.05) is 0 Å². The normalized spacial score (nSPS) is 34.9. The summed E-state index contributed by atoms with van der Waals surface area (Å²) in [4.78, 5) is 0. The van der Waals surface area contributed by atoms with Crippen LogP contribution in [0.25, 0.3) is 0 Å². The van der Waals surface area contributed by atoms with Gasteiger partial charge in [-0.1, -0.05) is 0 Å². The summed E-state index contributed by atoms with van der Waals surface area (Å²) in [7, 11) is 0. The van der Waals surface area contributed by atoms with E-state index in [4.69, 9.17) is 10.5 Å². The predicted octanol–water partition coefficient (Wildman–Crippen LogP) is 1.66. The van der Waals surface area contributed by atoms with Crippen molar-refractivity contribution in [1.29, 1.82) is 0 Å². The number of rotatable bonds is 3. The lowest BCUT2D eigenvalue weighted by Gasteiger charge is -2.37. The molecule has 2 rings (SSSR count). The highest BCUT2D eigenvalue weighted by Gasteiger charge is 2.28. The van der Waals surface area contributed by atoms with E-state index in [0.29, 0.717) is 11.6 Å². The molecule has 0 unspecified atom stereocenters.